The van der Waals surface area contributed by atoms with Gasteiger partial charge in [-0.25, -0.2) is 0 Å². The standard InChI is InChI=1S/C11H17N3O3/c1-2-5-13-10(16)11(17)14-6-3-8(4-7-14)9(12)15/h2,8H,1,3-7H2,(H2,12,15)(H,13,16). The van der Waals surface area contributed by atoms with Crippen molar-refractivity contribution in [3.8, 4) is 0 Å². The summed E-state index contributed by atoms with van der Waals surface area (Å²) < 4.78 is 0. The van der Waals surface area contributed by atoms with E-state index in [4.69, 9.17) is 5.73 Å². The van der Waals surface area contributed by atoms with Crippen molar-refractivity contribution >= 4 is 17.7 Å². The molecule has 0 aromatic heterocycles. The van der Waals surface area contributed by atoms with Crippen LogP contribution in [0.3, 0.4) is 0 Å². The second-order valence-corrected chi connectivity index (χ2v) is 3.97. The van der Waals surface area contributed by atoms with Gasteiger partial charge in [0, 0.05) is 25.6 Å². The summed E-state index contributed by atoms with van der Waals surface area (Å²) in [5.74, 6) is -1.72. The molecule has 1 aliphatic heterocycles. The Morgan fingerprint density at radius 3 is 2.41 bits per heavy atom. The minimum atomic E-state index is -0.637. The number of nitrogens with two attached hydrogens (primary N) is 1. The molecule has 0 atom stereocenters. The molecule has 3 N–H and O–H groups in total. The van der Waals surface area contributed by atoms with Crippen LogP contribution in [0, 0.1) is 5.92 Å². The van der Waals surface area contributed by atoms with Crippen LogP contribution in [0.1, 0.15) is 12.8 Å². The molecule has 0 aromatic rings. The molecule has 6 nitrogen and oxygen atoms in total. The van der Waals surface area contributed by atoms with E-state index in [2.05, 4.69) is 11.9 Å². The summed E-state index contributed by atoms with van der Waals surface area (Å²) in [5.41, 5.74) is 5.18. The fourth-order valence-electron chi connectivity index (χ4n) is 1.75. The van der Waals surface area contributed by atoms with Gasteiger partial charge in [-0.05, 0) is 12.8 Å². The van der Waals surface area contributed by atoms with E-state index in [1.54, 1.807) is 0 Å². The Kier molecular flexibility index (Phi) is 4.68. The molecule has 6 heteroatoms. The van der Waals surface area contributed by atoms with Crippen LogP contribution >= 0.6 is 0 Å². The van der Waals surface area contributed by atoms with E-state index in [1.807, 2.05) is 0 Å². The molecule has 0 aliphatic carbocycles. The lowest BCUT2D eigenvalue weighted by Gasteiger charge is -2.29. The molecule has 17 heavy (non-hydrogen) atoms. The SMILES string of the molecule is C=CCNC(=O)C(=O)N1CCC(C(N)=O)CC1. The molecule has 3 amide bonds. The third-order valence-corrected chi connectivity index (χ3v) is 2.79. The lowest BCUT2D eigenvalue weighted by molar-refractivity contribution is -0.147. The van der Waals surface area contributed by atoms with Crippen molar-refractivity contribution in [3.63, 3.8) is 0 Å². The van der Waals surface area contributed by atoms with Crippen LogP contribution in [-0.4, -0.2) is 42.3 Å². The highest BCUT2D eigenvalue weighted by Gasteiger charge is 2.28. The molecule has 0 aromatic carbocycles. The Bertz CT molecular complexity index is 333. The average molecular weight is 239 g/mol. The summed E-state index contributed by atoms with van der Waals surface area (Å²) in [6.45, 7) is 4.50. The van der Waals surface area contributed by atoms with Gasteiger partial charge in [0.2, 0.25) is 5.91 Å². The Morgan fingerprint density at radius 1 is 1.35 bits per heavy atom. The van der Waals surface area contributed by atoms with Gasteiger partial charge in [-0.1, -0.05) is 6.08 Å². The zero-order valence-electron chi connectivity index (χ0n) is 9.65. The van der Waals surface area contributed by atoms with E-state index in [9.17, 15) is 14.4 Å². The summed E-state index contributed by atoms with van der Waals surface area (Å²) in [6, 6.07) is 0. The quantitative estimate of drug-likeness (QED) is 0.489. The molecule has 1 saturated heterocycles. The number of rotatable bonds is 3. The zero-order valence-corrected chi connectivity index (χ0v) is 9.65. The molecule has 1 heterocycles. The number of piperidine rings is 1. The fraction of sp³-hybridized carbons (Fsp3) is 0.545. The molecule has 1 fully saturated rings. The second kappa shape index (κ2) is 6.03. The zero-order chi connectivity index (χ0) is 12.8. The van der Waals surface area contributed by atoms with Gasteiger partial charge in [-0.15, -0.1) is 6.58 Å². The maximum Gasteiger partial charge on any atom is 0.311 e. The molecule has 1 aliphatic rings. The summed E-state index contributed by atoms with van der Waals surface area (Å²) >= 11 is 0. The number of likely N-dealkylation sites (tertiary alicyclic amines) is 1. The number of hydrogen-bond acceptors (Lipinski definition) is 3. The highest BCUT2D eigenvalue weighted by atomic mass is 16.2. The van der Waals surface area contributed by atoms with Gasteiger partial charge in [0.15, 0.2) is 0 Å². The topological polar surface area (TPSA) is 92.5 Å². The van der Waals surface area contributed by atoms with E-state index in [0.717, 1.165) is 0 Å². The van der Waals surface area contributed by atoms with Crippen LogP contribution in [-0.2, 0) is 14.4 Å². The Morgan fingerprint density at radius 2 is 1.94 bits per heavy atom. The molecular weight excluding hydrogens is 222 g/mol. The van der Waals surface area contributed by atoms with Crippen molar-refractivity contribution in [2.24, 2.45) is 11.7 Å². The van der Waals surface area contributed by atoms with Crippen molar-refractivity contribution < 1.29 is 14.4 Å². The Labute approximate surface area is 99.8 Å². The first-order valence-electron chi connectivity index (χ1n) is 5.53. The van der Waals surface area contributed by atoms with E-state index in [0.29, 0.717) is 25.9 Å². The third-order valence-electron chi connectivity index (χ3n) is 2.79. The van der Waals surface area contributed by atoms with Gasteiger partial charge in [0.05, 0.1) is 0 Å². The van der Waals surface area contributed by atoms with Gasteiger partial charge < -0.3 is 16.0 Å². The molecule has 1 rings (SSSR count). The maximum atomic E-state index is 11.6. The van der Waals surface area contributed by atoms with Gasteiger partial charge in [-0.3, -0.25) is 14.4 Å². The lowest BCUT2D eigenvalue weighted by atomic mass is 9.96. The Hall–Kier alpha value is -1.85. The van der Waals surface area contributed by atoms with Crippen molar-refractivity contribution in [1.29, 1.82) is 0 Å². The van der Waals surface area contributed by atoms with E-state index in [1.165, 1.54) is 11.0 Å². The summed E-state index contributed by atoms with van der Waals surface area (Å²) in [7, 11) is 0. The Balaban J connectivity index is 2.42. The highest BCUT2D eigenvalue weighted by molar-refractivity contribution is 6.35. The largest absolute Gasteiger partial charge is 0.369 e. The van der Waals surface area contributed by atoms with Crippen LogP contribution < -0.4 is 11.1 Å². The number of amides is 3. The number of carbonyl (C=O) groups excluding carboxylic acids is 3. The molecule has 94 valence electrons. The lowest BCUT2D eigenvalue weighted by Crippen LogP contribution is -2.47. The van der Waals surface area contributed by atoms with Crippen molar-refractivity contribution in [3.05, 3.63) is 12.7 Å². The molecule has 0 radical (unpaired) electrons. The number of primary amides is 1. The van der Waals surface area contributed by atoms with Crippen LogP contribution in [0.25, 0.3) is 0 Å². The number of hydrogen-bond donors (Lipinski definition) is 2. The van der Waals surface area contributed by atoms with Gasteiger partial charge in [0.1, 0.15) is 0 Å². The first kappa shape index (κ1) is 13.2. The van der Waals surface area contributed by atoms with Gasteiger partial charge in [-0.2, -0.15) is 0 Å². The van der Waals surface area contributed by atoms with E-state index >= 15 is 0 Å². The third kappa shape index (κ3) is 3.58. The summed E-state index contributed by atoms with van der Waals surface area (Å²) in [6.07, 6.45) is 2.55. The van der Waals surface area contributed by atoms with E-state index in [-0.39, 0.29) is 18.4 Å². The number of carbonyl (C=O) groups is 3. The fourth-order valence-corrected chi connectivity index (χ4v) is 1.75. The normalized spacial score (nSPS) is 16.4. The molecular formula is C11H17N3O3. The maximum absolute atomic E-state index is 11.6. The van der Waals surface area contributed by atoms with Crippen molar-refractivity contribution in [1.82, 2.24) is 10.2 Å². The molecule has 0 unspecified atom stereocenters. The van der Waals surface area contributed by atoms with Crippen LogP contribution in [0.2, 0.25) is 0 Å². The molecule has 0 spiro atoms. The minimum absolute atomic E-state index is 0.185. The van der Waals surface area contributed by atoms with Gasteiger partial charge >= 0.3 is 11.8 Å². The van der Waals surface area contributed by atoms with Gasteiger partial charge in [0.25, 0.3) is 0 Å². The average Bonchev–Trinajstić information content (AvgIpc) is 2.35. The summed E-state index contributed by atoms with van der Waals surface area (Å²) in [5, 5.41) is 2.42. The number of nitrogens with zero attached hydrogens (tertiary/aromatic N) is 1. The highest BCUT2D eigenvalue weighted by Crippen LogP contribution is 2.16. The predicted octanol–water partition coefficient (Wildman–Crippen LogP) is -0.987. The van der Waals surface area contributed by atoms with Crippen LogP contribution in [0.4, 0.5) is 0 Å². The molecule has 0 saturated carbocycles. The first-order chi connectivity index (χ1) is 8.06. The monoisotopic (exact) mass is 239 g/mol. The number of nitrogens with one attached hydrogen (secondary N) is 1. The smallest absolute Gasteiger partial charge is 0.311 e. The van der Waals surface area contributed by atoms with Crippen LogP contribution in [0.5, 0.6) is 0 Å². The summed E-state index contributed by atoms with van der Waals surface area (Å²) in [4.78, 5) is 35.4. The van der Waals surface area contributed by atoms with Crippen LogP contribution in [0.15, 0.2) is 12.7 Å². The first-order valence-corrected chi connectivity index (χ1v) is 5.53. The van der Waals surface area contributed by atoms with E-state index < -0.39 is 11.8 Å². The minimum Gasteiger partial charge on any atom is -0.369 e. The predicted molar refractivity (Wildman–Crippen MR) is 61.7 cm³/mol. The molecule has 0 bridgehead atoms. The van der Waals surface area contributed by atoms with Crippen molar-refractivity contribution in [2.75, 3.05) is 19.6 Å². The second-order valence-electron chi connectivity index (χ2n) is 3.97. The van der Waals surface area contributed by atoms with Crippen molar-refractivity contribution in [2.45, 2.75) is 12.8 Å².